The number of hydrogen-bond donors (Lipinski definition) is 1. The molecule has 1 heterocycles. The monoisotopic (exact) mass is 415 g/mol. The Morgan fingerprint density at radius 2 is 2.14 bits per heavy atom. The fourth-order valence-electron chi connectivity index (χ4n) is 2.47. The number of rotatable bonds is 7. The van der Waals surface area contributed by atoms with Crippen molar-refractivity contribution >= 4 is 40.4 Å². The zero-order valence-corrected chi connectivity index (χ0v) is 16.5. The Hall–Kier alpha value is -3.39. The Kier molecular flexibility index (Phi) is 6.13. The Morgan fingerprint density at radius 3 is 2.83 bits per heavy atom. The average Bonchev–Trinajstić information content (AvgIpc) is 3.13. The van der Waals surface area contributed by atoms with E-state index in [1.165, 1.54) is 30.5 Å². The fourth-order valence-corrected chi connectivity index (χ4v) is 2.70. The van der Waals surface area contributed by atoms with Gasteiger partial charge in [0.05, 0.1) is 22.3 Å². The second kappa shape index (κ2) is 8.74. The number of ether oxygens (including phenoxy) is 1. The van der Waals surface area contributed by atoms with Crippen molar-refractivity contribution in [3.05, 3.63) is 68.9 Å². The maximum atomic E-state index is 12.2. The van der Waals surface area contributed by atoms with E-state index in [0.717, 1.165) is 6.42 Å². The van der Waals surface area contributed by atoms with E-state index < -0.39 is 10.8 Å². The van der Waals surface area contributed by atoms with E-state index in [9.17, 15) is 14.9 Å². The van der Waals surface area contributed by atoms with Gasteiger partial charge in [-0.05, 0) is 49.2 Å². The molecule has 2 aromatic carbocycles. The van der Waals surface area contributed by atoms with Gasteiger partial charge in [-0.2, -0.15) is 5.10 Å². The summed E-state index contributed by atoms with van der Waals surface area (Å²) in [6.45, 7) is 3.98. The molecule has 0 bridgehead atoms. The number of halogens is 1. The zero-order chi connectivity index (χ0) is 21.0. The minimum atomic E-state index is -0.581. The van der Waals surface area contributed by atoms with Crippen molar-refractivity contribution in [2.75, 3.05) is 0 Å². The molecule has 8 nitrogen and oxygen atoms in total. The van der Waals surface area contributed by atoms with Gasteiger partial charge in [-0.1, -0.05) is 18.5 Å². The summed E-state index contributed by atoms with van der Waals surface area (Å²) in [4.78, 5) is 22.5. The molecule has 0 saturated heterocycles. The number of furan rings is 1. The standard InChI is InChI=1S/C20H18ClN3O5/c1-3-12(2)28-18-6-4-13(8-16(18)21)11-22-23-20(25)19-10-14-9-15(24(26)27)5-7-17(14)29-19/h4-12H,3H2,1-2H3,(H,23,25)/b22-11+/t12-/m1/s1. The molecule has 150 valence electrons. The number of amides is 1. The number of carbonyl (C=O) groups excluding carboxylic acids is 1. The summed E-state index contributed by atoms with van der Waals surface area (Å²) in [5.74, 6) is -0.00511. The van der Waals surface area contributed by atoms with Crippen molar-refractivity contribution in [2.24, 2.45) is 5.10 Å². The molecular weight excluding hydrogens is 398 g/mol. The molecule has 0 fully saturated rings. The molecule has 0 aliphatic heterocycles. The van der Waals surface area contributed by atoms with Crippen LogP contribution in [0.2, 0.25) is 5.02 Å². The Balaban J connectivity index is 1.67. The number of nitrogens with zero attached hydrogens (tertiary/aromatic N) is 2. The van der Waals surface area contributed by atoms with Gasteiger partial charge in [0, 0.05) is 17.5 Å². The van der Waals surface area contributed by atoms with Crippen LogP contribution >= 0.6 is 11.6 Å². The number of carbonyl (C=O) groups is 1. The highest BCUT2D eigenvalue weighted by atomic mass is 35.5. The van der Waals surface area contributed by atoms with Crippen LogP contribution in [0, 0.1) is 10.1 Å². The van der Waals surface area contributed by atoms with Crippen molar-refractivity contribution in [3.63, 3.8) is 0 Å². The van der Waals surface area contributed by atoms with E-state index in [-0.39, 0.29) is 17.6 Å². The third-order valence-corrected chi connectivity index (χ3v) is 4.47. The van der Waals surface area contributed by atoms with Crippen molar-refractivity contribution in [3.8, 4) is 5.75 Å². The van der Waals surface area contributed by atoms with Crippen LogP contribution < -0.4 is 10.2 Å². The topological polar surface area (TPSA) is 107 Å². The summed E-state index contributed by atoms with van der Waals surface area (Å²) in [5, 5.41) is 15.6. The van der Waals surface area contributed by atoms with Crippen LogP contribution in [0.3, 0.4) is 0 Å². The van der Waals surface area contributed by atoms with Gasteiger partial charge in [-0.3, -0.25) is 14.9 Å². The summed E-state index contributed by atoms with van der Waals surface area (Å²) < 4.78 is 11.1. The highest BCUT2D eigenvalue weighted by molar-refractivity contribution is 6.32. The van der Waals surface area contributed by atoms with Crippen molar-refractivity contribution in [1.29, 1.82) is 0 Å². The minimum absolute atomic E-state index is 0.00650. The molecule has 0 unspecified atom stereocenters. The van der Waals surface area contributed by atoms with E-state index in [0.29, 0.717) is 27.3 Å². The van der Waals surface area contributed by atoms with Gasteiger partial charge in [0.25, 0.3) is 5.69 Å². The molecule has 0 radical (unpaired) electrons. The first-order chi connectivity index (χ1) is 13.9. The molecule has 0 saturated carbocycles. The number of nitro benzene ring substituents is 1. The van der Waals surface area contributed by atoms with Crippen LogP contribution in [0.15, 0.2) is 52.0 Å². The predicted octanol–water partition coefficient (Wildman–Crippen LogP) is 4.94. The van der Waals surface area contributed by atoms with Gasteiger partial charge in [0.2, 0.25) is 0 Å². The SMILES string of the molecule is CC[C@@H](C)Oc1ccc(/C=N/NC(=O)c2cc3cc([N+](=O)[O-])ccc3o2)cc1Cl. The molecular formula is C20H18ClN3O5. The first kappa shape index (κ1) is 20.3. The second-order valence-corrected chi connectivity index (χ2v) is 6.72. The first-order valence-corrected chi connectivity index (χ1v) is 9.22. The highest BCUT2D eigenvalue weighted by Crippen LogP contribution is 2.26. The Labute approximate surface area is 171 Å². The molecule has 1 atom stereocenters. The lowest BCUT2D eigenvalue weighted by Gasteiger charge is -2.13. The first-order valence-electron chi connectivity index (χ1n) is 8.85. The molecule has 1 N–H and O–H groups in total. The molecule has 3 aromatic rings. The normalized spacial score (nSPS) is 12.2. The third-order valence-electron chi connectivity index (χ3n) is 4.17. The summed E-state index contributed by atoms with van der Waals surface area (Å²) in [7, 11) is 0. The van der Waals surface area contributed by atoms with Crippen LogP contribution in [0.25, 0.3) is 11.0 Å². The molecule has 29 heavy (non-hydrogen) atoms. The van der Waals surface area contributed by atoms with E-state index in [1.807, 2.05) is 13.8 Å². The largest absolute Gasteiger partial charge is 0.489 e. The van der Waals surface area contributed by atoms with Crippen molar-refractivity contribution in [2.45, 2.75) is 26.4 Å². The van der Waals surface area contributed by atoms with Crippen LogP contribution in [0.5, 0.6) is 5.75 Å². The third kappa shape index (κ3) is 4.91. The molecule has 1 aromatic heterocycles. The van der Waals surface area contributed by atoms with Crippen molar-refractivity contribution in [1.82, 2.24) is 5.43 Å². The highest BCUT2D eigenvalue weighted by Gasteiger charge is 2.14. The summed E-state index contributed by atoms with van der Waals surface area (Å²) >= 11 is 6.21. The maximum Gasteiger partial charge on any atom is 0.307 e. The predicted molar refractivity (Wildman–Crippen MR) is 110 cm³/mol. The summed E-state index contributed by atoms with van der Waals surface area (Å²) in [6.07, 6.45) is 2.35. The Morgan fingerprint density at radius 1 is 1.34 bits per heavy atom. The molecule has 0 spiro atoms. The number of fused-ring (bicyclic) bond motifs is 1. The van der Waals surface area contributed by atoms with E-state index in [1.54, 1.807) is 18.2 Å². The molecule has 1 amide bonds. The number of non-ortho nitro benzene ring substituents is 1. The smallest absolute Gasteiger partial charge is 0.307 e. The van der Waals surface area contributed by atoms with Gasteiger partial charge < -0.3 is 9.15 Å². The lowest BCUT2D eigenvalue weighted by Crippen LogP contribution is -2.16. The van der Waals surface area contributed by atoms with Crippen LogP contribution in [-0.2, 0) is 0 Å². The quantitative estimate of drug-likeness (QED) is 0.334. The van der Waals surface area contributed by atoms with E-state index in [2.05, 4.69) is 10.5 Å². The summed E-state index contributed by atoms with van der Waals surface area (Å²) in [6, 6.07) is 10.7. The number of hydrogen-bond acceptors (Lipinski definition) is 6. The van der Waals surface area contributed by atoms with Gasteiger partial charge in [0.15, 0.2) is 5.76 Å². The molecule has 9 heteroatoms. The molecule has 3 rings (SSSR count). The molecule has 0 aliphatic carbocycles. The van der Waals surface area contributed by atoms with E-state index >= 15 is 0 Å². The lowest BCUT2D eigenvalue weighted by molar-refractivity contribution is -0.384. The number of hydrazone groups is 1. The number of nitrogens with one attached hydrogen (secondary N) is 1. The zero-order valence-electron chi connectivity index (χ0n) is 15.7. The number of benzene rings is 2. The fraction of sp³-hybridized carbons (Fsp3) is 0.200. The molecule has 0 aliphatic rings. The minimum Gasteiger partial charge on any atom is -0.489 e. The second-order valence-electron chi connectivity index (χ2n) is 6.32. The van der Waals surface area contributed by atoms with Crippen LogP contribution in [0.1, 0.15) is 36.4 Å². The number of nitro groups is 1. The lowest BCUT2D eigenvalue weighted by atomic mass is 10.2. The van der Waals surface area contributed by atoms with Crippen molar-refractivity contribution < 1.29 is 18.9 Å². The van der Waals surface area contributed by atoms with Crippen LogP contribution in [0.4, 0.5) is 5.69 Å². The van der Waals surface area contributed by atoms with Gasteiger partial charge >= 0.3 is 5.91 Å². The van der Waals surface area contributed by atoms with Gasteiger partial charge in [-0.25, -0.2) is 5.43 Å². The van der Waals surface area contributed by atoms with E-state index in [4.69, 9.17) is 20.8 Å². The van der Waals surface area contributed by atoms with Gasteiger partial charge in [0.1, 0.15) is 11.3 Å². The van der Waals surface area contributed by atoms with Crippen LogP contribution in [-0.4, -0.2) is 23.1 Å². The van der Waals surface area contributed by atoms with Gasteiger partial charge in [-0.15, -0.1) is 0 Å². The summed E-state index contributed by atoms with van der Waals surface area (Å²) in [5.41, 5.74) is 3.31. The average molecular weight is 416 g/mol. The Bertz CT molecular complexity index is 1090. The maximum absolute atomic E-state index is 12.2.